The number of morpholine rings is 1. The van der Waals surface area contributed by atoms with Crippen molar-refractivity contribution in [3.8, 4) is 10.4 Å². The lowest BCUT2D eigenvalue weighted by molar-refractivity contribution is -0.142. The Balaban J connectivity index is 1.52. The second-order valence-electron chi connectivity index (χ2n) is 7.16. The number of nitrogens with zero attached hydrogens (tertiary/aromatic N) is 4. The van der Waals surface area contributed by atoms with Gasteiger partial charge in [0.2, 0.25) is 11.8 Å². The van der Waals surface area contributed by atoms with Crippen LogP contribution in [0.5, 0.6) is 0 Å². The summed E-state index contributed by atoms with van der Waals surface area (Å²) in [6.45, 7) is 3.92. The molecule has 158 valence electrons. The van der Waals surface area contributed by atoms with Crippen molar-refractivity contribution in [1.82, 2.24) is 19.4 Å². The highest BCUT2D eigenvalue weighted by atomic mass is 32.1. The number of ether oxygens (including phenoxy) is 1. The number of hydrogen-bond acceptors (Lipinski definition) is 7. The molecule has 1 fully saturated rings. The molecule has 1 aliphatic rings. The van der Waals surface area contributed by atoms with Gasteiger partial charge in [-0.1, -0.05) is 0 Å². The molecular weight excluding hydrogens is 424 g/mol. The molecule has 3 aromatic heterocycles. The second kappa shape index (κ2) is 8.66. The van der Waals surface area contributed by atoms with Crippen LogP contribution in [0.3, 0.4) is 0 Å². The predicted molar refractivity (Wildman–Crippen MR) is 117 cm³/mol. The summed E-state index contributed by atoms with van der Waals surface area (Å²) in [6.07, 6.45) is 1.40. The van der Waals surface area contributed by atoms with E-state index < -0.39 is 0 Å². The van der Waals surface area contributed by atoms with E-state index in [0.717, 1.165) is 15.3 Å². The summed E-state index contributed by atoms with van der Waals surface area (Å²) >= 11 is 3.04. The zero-order valence-electron chi connectivity index (χ0n) is 16.8. The van der Waals surface area contributed by atoms with Crippen molar-refractivity contribution < 1.29 is 14.3 Å². The van der Waals surface area contributed by atoms with Gasteiger partial charge in [0.1, 0.15) is 11.4 Å². The van der Waals surface area contributed by atoms with Crippen LogP contribution in [0.15, 0.2) is 28.6 Å². The van der Waals surface area contributed by atoms with Crippen LogP contribution >= 0.6 is 22.7 Å². The highest BCUT2D eigenvalue weighted by Gasteiger charge is 2.21. The molecule has 10 heteroatoms. The number of likely N-dealkylation sites (N-methyl/N-ethyl adjacent to an activating group) is 1. The minimum absolute atomic E-state index is 0.0264. The van der Waals surface area contributed by atoms with Crippen molar-refractivity contribution in [2.24, 2.45) is 0 Å². The molecular formula is C20H22N4O4S2. The fraction of sp³-hybridized carbons (Fsp3) is 0.400. The number of rotatable bonds is 5. The van der Waals surface area contributed by atoms with E-state index in [1.54, 1.807) is 23.3 Å². The van der Waals surface area contributed by atoms with Gasteiger partial charge in [0.15, 0.2) is 0 Å². The van der Waals surface area contributed by atoms with Gasteiger partial charge in [0.25, 0.3) is 5.56 Å². The average Bonchev–Trinajstić information content (AvgIpc) is 3.37. The number of carbonyl (C=O) groups excluding carboxylic acids is 2. The molecule has 0 atom stereocenters. The summed E-state index contributed by atoms with van der Waals surface area (Å²) < 4.78 is 6.56. The Hall–Kier alpha value is -2.56. The Morgan fingerprint density at radius 1 is 1.27 bits per heavy atom. The lowest BCUT2D eigenvalue weighted by atomic mass is 10.2. The fourth-order valence-corrected chi connectivity index (χ4v) is 5.17. The topological polar surface area (TPSA) is 84.7 Å². The molecule has 1 saturated heterocycles. The van der Waals surface area contributed by atoms with Gasteiger partial charge in [-0.15, -0.1) is 22.7 Å². The molecule has 0 saturated carbocycles. The summed E-state index contributed by atoms with van der Waals surface area (Å²) in [5.41, 5.74) is 0.604. The molecule has 30 heavy (non-hydrogen) atoms. The van der Waals surface area contributed by atoms with E-state index in [2.05, 4.69) is 4.98 Å². The number of aryl methyl sites for hydroxylation is 1. The van der Waals surface area contributed by atoms with Gasteiger partial charge in [-0.05, 0) is 19.1 Å². The van der Waals surface area contributed by atoms with Gasteiger partial charge in [-0.3, -0.25) is 19.0 Å². The largest absolute Gasteiger partial charge is 0.378 e. The Bertz CT molecular complexity index is 1140. The molecule has 1 aliphatic heterocycles. The molecule has 0 N–H and O–H groups in total. The number of amides is 2. The minimum Gasteiger partial charge on any atom is -0.378 e. The minimum atomic E-state index is -0.316. The van der Waals surface area contributed by atoms with Crippen LogP contribution in [0.2, 0.25) is 0 Å². The van der Waals surface area contributed by atoms with Crippen molar-refractivity contribution in [1.29, 1.82) is 0 Å². The number of fused-ring (bicyclic) bond motifs is 1. The van der Waals surface area contributed by atoms with Gasteiger partial charge in [-0.2, -0.15) is 0 Å². The molecule has 0 radical (unpaired) electrons. The molecule has 0 aliphatic carbocycles. The molecule has 4 heterocycles. The van der Waals surface area contributed by atoms with E-state index in [9.17, 15) is 14.4 Å². The van der Waals surface area contributed by atoms with Crippen LogP contribution in [0.25, 0.3) is 20.7 Å². The summed E-state index contributed by atoms with van der Waals surface area (Å²) in [5.74, 6) is -0.438. The first-order chi connectivity index (χ1) is 14.4. The number of carbonyl (C=O) groups is 2. The maximum atomic E-state index is 13.1. The Morgan fingerprint density at radius 2 is 2.03 bits per heavy atom. The van der Waals surface area contributed by atoms with Crippen LogP contribution < -0.4 is 5.56 Å². The zero-order chi connectivity index (χ0) is 21.3. The SMILES string of the molecule is Cc1ccc(-c2csc3ncn(CC(=O)N(C)CC(=O)N4CCOCC4)c(=O)c23)s1. The van der Waals surface area contributed by atoms with Gasteiger partial charge in [0, 0.05) is 40.8 Å². The molecule has 3 aromatic rings. The summed E-state index contributed by atoms with van der Waals surface area (Å²) in [7, 11) is 1.57. The Labute approximate surface area is 181 Å². The highest BCUT2D eigenvalue weighted by molar-refractivity contribution is 7.19. The van der Waals surface area contributed by atoms with E-state index in [1.165, 1.54) is 27.1 Å². The number of aromatic nitrogens is 2. The van der Waals surface area contributed by atoms with Gasteiger partial charge < -0.3 is 14.5 Å². The third kappa shape index (κ3) is 4.16. The van der Waals surface area contributed by atoms with E-state index in [-0.39, 0.29) is 30.5 Å². The van der Waals surface area contributed by atoms with Crippen LogP contribution in [0.4, 0.5) is 0 Å². The summed E-state index contributed by atoms with van der Waals surface area (Å²) in [5, 5.41) is 2.47. The first kappa shape index (κ1) is 20.7. The first-order valence-corrected chi connectivity index (χ1v) is 11.3. The molecule has 8 nitrogen and oxygen atoms in total. The predicted octanol–water partition coefficient (Wildman–Crippen LogP) is 1.81. The lowest BCUT2D eigenvalue weighted by Gasteiger charge is -2.28. The fourth-order valence-electron chi connectivity index (χ4n) is 3.31. The summed E-state index contributed by atoms with van der Waals surface area (Å²) in [6, 6.07) is 4.01. The molecule has 0 spiro atoms. The Kier molecular flexibility index (Phi) is 5.98. The lowest BCUT2D eigenvalue weighted by Crippen LogP contribution is -2.46. The third-order valence-electron chi connectivity index (χ3n) is 5.03. The van der Waals surface area contributed by atoms with Gasteiger partial charge in [0.05, 0.1) is 31.5 Å². The smallest absolute Gasteiger partial charge is 0.263 e. The standard InChI is InChI=1S/C20H22N4O4S2/c1-13-3-4-15(30-13)14-11-29-19-18(14)20(27)24(12-21-19)10-16(25)22(2)9-17(26)23-5-7-28-8-6-23/h3-4,11-12H,5-10H2,1-2H3. The maximum Gasteiger partial charge on any atom is 0.263 e. The van der Waals surface area contributed by atoms with Crippen molar-refractivity contribution in [2.75, 3.05) is 39.9 Å². The van der Waals surface area contributed by atoms with Crippen molar-refractivity contribution in [2.45, 2.75) is 13.5 Å². The number of hydrogen-bond donors (Lipinski definition) is 0. The monoisotopic (exact) mass is 446 g/mol. The number of thiophene rings is 2. The molecule has 4 rings (SSSR count). The summed E-state index contributed by atoms with van der Waals surface area (Å²) in [4.78, 5) is 48.4. The van der Waals surface area contributed by atoms with E-state index in [4.69, 9.17) is 4.74 Å². The molecule has 2 amide bonds. The Morgan fingerprint density at radius 3 is 2.73 bits per heavy atom. The average molecular weight is 447 g/mol. The van der Waals surface area contributed by atoms with Crippen LogP contribution in [0.1, 0.15) is 4.88 Å². The van der Waals surface area contributed by atoms with Crippen LogP contribution in [-0.2, 0) is 20.9 Å². The van der Waals surface area contributed by atoms with Crippen molar-refractivity contribution in [3.05, 3.63) is 39.1 Å². The van der Waals surface area contributed by atoms with Crippen molar-refractivity contribution >= 4 is 44.7 Å². The highest BCUT2D eigenvalue weighted by Crippen LogP contribution is 2.34. The third-order valence-corrected chi connectivity index (χ3v) is 6.95. The van der Waals surface area contributed by atoms with Gasteiger partial charge in [-0.25, -0.2) is 4.98 Å². The van der Waals surface area contributed by atoms with Gasteiger partial charge >= 0.3 is 0 Å². The molecule has 0 unspecified atom stereocenters. The normalized spacial score (nSPS) is 14.3. The van der Waals surface area contributed by atoms with E-state index in [1.807, 2.05) is 24.4 Å². The quantitative estimate of drug-likeness (QED) is 0.597. The zero-order valence-corrected chi connectivity index (χ0v) is 18.4. The van der Waals surface area contributed by atoms with E-state index >= 15 is 0 Å². The van der Waals surface area contributed by atoms with Crippen molar-refractivity contribution in [3.63, 3.8) is 0 Å². The first-order valence-electron chi connectivity index (χ1n) is 9.57. The molecule has 0 bridgehead atoms. The second-order valence-corrected chi connectivity index (χ2v) is 9.31. The maximum absolute atomic E-state index is 13.1. The molecule has 0 aromatic carbocycles. The van der Waals surface area contributed by atoms with Crippen LogP contribution in [-0.4, -0.2) is 71.1 Å². The van der Waals surface area contributed by atoms with Crippen LogP contribution in [0, 0.1) is 6.92 Å². The van der Waals surface area contributed by atoms with E-state index in [0.29, 0.717) is 36.5 Å².